The van der Waals surface area contributed by atoms with Crippen molar-refractivity contribution in [2.24, 2.45) is 0 Å². The number of nitrogens with one attached hydrogen (secondary N) is 1. The number of amides is 1. The van der Waals surface area contributed by atoms with Crippen LogP contribution in [0.2, 0.25) is 0 Å². The lowest BCUT2D eigenvalue weighted by molar-refractivity contribution is -0.111. The molecule has 1 aliphatic rings. The van der Waals surface area contributed by atoms with E-state index in [9.17, 15) is 9.59 Å². The largest absolute Gasteiger partial charge is 0.462 e. The van der Waals surface area contributed by atoms with Gasteiger partial charge in [0.1, 0.15) is 5.00 Å². The van der Waals surface area contributed by atoms with Gasteiger partial charge in [0.2, 0.25) is 5.91 Å². The van der Waals surface area contributed by atoms with Crippen molar-refractivity contribution in [3.05, 3.63) is 51.9 Å². The summed E-state index contributed by atoms with van der Waals surface area (Å²) in [5, 5.41) is 3.44. The van der Waals surface area contributed by atoms with E-state index in [1.165, 1.54) is 22.3 Å². The Hall–Kier alpha value is -2.60. The number of esters is 1. The fourth-order valence-electron chi connectivity index (χ4n) is 3.01. The van der Waals surface area contributed by atoms with E-state index in [-0.39, 0.29) is 11.9 Å². The number of carbonyl (C=O) groups excluding carboxylic acids is 2. The van der Waals surface area contributed by atoms with Crippen molar-refractivity contribution >= 4 is 40.0 Å². The summed E-state index contributed by atoms with van der Waals surface area (Å²) in [6, 6.07) is 7.24. The maximum Gasteiger partial charge on any atom is 0.341 e. The second-order valence-electron chi connectivity index (χ2n) is 6.12. The molecule has 2 aromatic rings. The Morgan fingerprint density at radius 1 is 1.23 bits per heavy atom. The van der Waals surface area contributed by atoms with Gasteiger partial charge in [0, 0.05) is 16.6 Å². The highest BCUT2D eigenvalue weighted by atomic mass is 32.1. The van der Waals surface area contributed by atoms with Crippen LogP contribution in [0.25, 0.3) is 6.08 Å². The van der Waals surface area contributed by atoms with E-state index in [2.05, 4.69) is 5.32 Å². The second-order valence-corrected chi connectivity index (χ2v) is 7.23. The quantitative estimate of drug-likeness (QED) is 0.473. The molecule has 26 heavy (non-hydrogen) atoms. The number of ether oxygens (including phenoxy) is 1. The van der Waals surface area contributed by atoms with Crippen LogP contribution in [0.5, 0.6) is 0 Å². The van der Waals surface area contributed by atoms with Gasteiger partial charge in [0.25, 0.3) is 0 Å². The number of hydrogen-bond acceptors (Lipinski definition) is 5. The Balaban J connectivity index is 1.80. The van der Waals surface area contributed by atoms with Crippen LogP contribution in [-0.2, 0) is 22.4 Å². The molecule has 0 fully saturated rings. The first kappa shape index (κ1) is 18.2. The second kappa shape index (κ2) is 8.19. The van der Waals surface area contributed by atoms with Crippen LogP contribution in [0.15, 0.2) is 30.3 Å². The molecule has 1 heterocycles. The Morgan fingerprint density at radius 3 is 2.69 bits per heavy atom. The Kier molecular flexibility index (Phi) is 5.73. The van der Waals surface area contributed by atoms with Gasteiger partial charge in [0.05, 0.1) is 12.2 Å². The normalized spacial score (nSPS) is 13.4. The van der Waals surface area contributed by atoms with E-state index in [1.807, 2.05) is 12.1 Å². The van der Waals surface area contributed by atoms with Gasteiger partial charge in [-0.05, 0) is 61.9 Å². The average molecular weight is 370 g/mol. The predicted octanol–water partition coefficient (Wildman–Crippen LogP) is 4.04. The van der Waals surface area contributed by atoms with Crippen LogP contribution in [0, 0.1) is 0 Å². The lowest BCUT2D eigenvalue weighted by atomic mass is 9.95. The summed E-state index contributed by atoms with van der Waals surface area (Å²) in [5.74, 6) is -0.629. The number of benzene rings is 1. The summed E-state index contributed by atoms with van der Waals surface area (Å²) in [6.07, 6.45) is 7.15. The number of fused-ring (bicyclic) bond motifs is 1. The zero-order chi connectivity index (χ0) is 18.5. The number of hydrogen-bond donors (Lipinski definition) is 2. The zero-order valence-corrected chi connectivity index (χ0v) is 15.5. The van der Waals surface area contributed by atoms with Gasteiger partial charge in [-0.3, -0.25) is 4.79 Å². The van der Waals surface area contributed by atoms with Gasteiger partial charge in [-0.2, -0.15) is 0 Å². The molecule has 0 bridgehead atoms. The molecule has 1 amide bonds. The first-order chi connectivity index (χ1) is 12.6. The molecule has 0 unspecified atom stereocenters. The Labute approximate surface area is 156 Å². The first-order valence-electron chi connectivity index (χ1n) is 8.74. The van der Waals surface area contributed by atoms with Gasteiger partial charge in [-0.1, -0.05) is 12.1 Å². The van der Waals surface area contributed by atoms with Crippen LogP contribution >= 0.6 is 11.3 Å². The summed E-state index contributed by atoms with van der Waals surface area (Å²) < 4.78 is 5.20. The number of nitrogen functional groups attached to an aromatic ring is 1. The van der Waals surface area contributed by atoms with Gasteiger partial charge >= 0.3 is 5.97 Å². The molecule has 1 aromatic heterocycles. The van der Waals surface area contributed by atoms with Crippen LogP contribution in [0.3, 0.4) is 0 Å². The zero-order valence-electron chi connectivity index (χ0n) is 14.7. The van der Waals surface area contributed by atoms with Crippen LogP contribution in [-0.4, -0.2) is 18.5 Å². The summed E-state index contributed by atoms with van der Waals surface area (Å²) in [6.45, 7) is 2.10. The number of carbonyl (C=O) groups is 2. The molecular weight excluding hydrogens is 348 g/mol. The van der Waals surface area contributed by atoms with Crippen molar-refractivity contribution in [3.8, 4) is 0 Å². The van der Waals surface area contributed by atoms with Gasteiger partial charge in [0.15, 0.2) is 0 Å². The lowest BCUT2D eigenvalue weighted by Crippen LogP contribution is -2.14. The molecule has 0 spiro atoms. The van der Waals surface area contributed by atoms with E-state index in [1.54, 1.807) is 25.1 Å². The molecule has 0 aliphatic heterocycles. The average Bonchev–Trinajstić information content (AvgIpc) is 2.99. The topological polar surface area (TPSA) is 81.4 Å². The van der Waals surface area contributed by atoms with E-state index in [0.29, 0.717) is 22.9 Å². The van der Waals surface area contributed by atoms with Crippen LogP contribution in [0.4, 0.5) is 10.7 Å². The molecule has 0 atom stereocenters. The van der Waals surface area contributed by atoms with E-state index < -0.39 is 0 Å². The monoisotopic (exact) mass is 370 g/mol. The molecule has 5 nitrogen and oxygen atoms in total. The SMILES string of the molecule is CCOC(=O)c1c(NC(=O)/C=C/c2ccc(N)cc2)sc2c1CCCC2. The summed E-state index contributed by atoms with van der Waals surface area (Å²) in [5.41, 5.74) is 8.78. The number of anilines is 2. The highest BCUT2D eigenvalue weighted by molar-refractivity contribution is 7.17. The third-order valence-corrected chi connectivity index (χ3v) is 5.46. The van der Waals surface area contributed by atoms with E-state index in [4.69, 9.17) is 10.5 Å². The maximum absolute atomic E-state index is 12.4. The minimum atomic E-state index is -0.357. The predicted molar refractivity (Wildman–Crippen MR) is 105 cm³/mol. The van der Waals surface area contributed by atoms with Crippen molar-refractivity contribution in [3.63, 3.8) is 0 Å². The highest BCUT2D eigenvalue weighted by Crippen LogP contribution is 2.38. The molecular formula is C20H22N2O3S. The molecule has 136 valence electrons. The molecule has 1 aromatic carbocycles. The summed E-state index contributed by atoms with van der Waals surface area (Å²) >= 11 is 1.48. The standard InChI is InChI=1S/C20H22N2O3S/c1-2-25-20(24)18-15-5-3-4-6-16(15)26-19(18)22-17(23)12-9-13-7-10-14(21)11-8-13/h7-12H,2-6,21H2,1H3,(H,22,23)/b12-9+. The number of aryl methyl sites for hydroxylation is 1. The van der Waals surface area contributed by atoms with Crippen molar-refractivity contribution < 1.29 is 14.3 Å². The van der Waals surface area contributed by atoms with E-state index >= 15 is 0 Å². The number of nitrogens with two attached hydrogens (primary N) is 1. The number of thiophene rings is 1. The first-order valence-corrected chi connectivity index (χ1v) is 9.56. The lowest BCUT2D eigenvalue weighted by Gasteiger charge is -2.12. The molecule has 3 rings (SSSR count). The van der Waals surface area contributed by atoms with Crippen molar-refractivity contribution in [1.82, 2.24) is 0 Å². The van der Waals surface area contributed by atoms with Crippen molar-refractivity contribution in [2.45, 2.75) is 32.6 Å². The van der Waals surface area contributed by atoms with Crippen LogP contribution < -0.4 is 11.1 Å². The maximum atomic E-state index is 12.4. The molecule has 0 radical (unpaired) electrons. The van der Waals surface area contributed by atoms with Crippen molar-refractivity contribution in [2.75, 3.05) is 17.7 Å². The van der Waals surface area contributed by atoms with Crippen LogP contribution in [0.1, 0.15) is 46.1 Å². The van der Waals surface area contributed by atoms with Gasteiger partial charge in [-0.15, -0.1) is 11.3 Å². The Morgan fingerprint density at radius 2 is 1.96 bits per heavy atom. The van der Waals surface area contributed by atoms with Gasteiger partial charge < -0.3 is 15.8 Å². The highest BCUT2D eigenvalue weighted by Gasteiger charge is 2.26. The number of rotatable bonds is 5. The third-order valence-electron chi connectivity index (χ3n) is 4.25. The summed E-state index contributed by atoms with van der Waals surface area (Å²) in [7, 11) is 0. The minimum absolute atomic E-state index is 0.272. The molecule has 0 saturated heterocycles. The molecule has 0 saturated carbocycles. The fraction of sp³-hybridized carbons (Fsp3) is 0.300. The Bertz CT molecular complexity index is 837. The molecule has 1 aliphatic carbocycles. The van der Waals surface area contributed by atoms with E-state index in [0.717, 1.165) is 36.8 Å². The molecule has 6 heteroatoms. The van der Waals surface area contributed by atoms with Gasteiger partial charge in [-0.25, -0.2) is 4.79 Å². The smallest absolute Gasteiger partial charge is 0.341 e. The molecule has 3 N–H and O–H groups in total. The third kappa shape index (κ3) is 4.14. The minimum Gasteiger partial charge on any atom is -0.462 e. The summed E-state index contributed by atoms with van der Waals surface area (Å²) in [4.78, 5) is 25.9. The van der Waals surface area contributed by atoms with Crippen molar-refractivity contribution in [1.29, 1.82) is 0 Å². The fourth-order valence-corrected chi connectivity index (χ4v) is 4.29.